The fraction of sp³-hybridized carbons (Fsp3) is 0.333. The lowest BCUT2D eigenvalue weighted by Crippen LogP contribution is -2.43. The highest BCUT2D eigenvalue weighted by Gasteiger charge is 2.26. The summed E-state index contributed by atoms with van der Waals surface area (Å²) in [6.07, 6.45) is 8.59. The fourth-order valence-corrected chi connectivity index (χ4v) is 3.55. The van der Waals surface area contributed by atoms with Gasteiger partial charge in [-0.1, -0.05) is 12.8 Å². The van der Waals surface area contributed by atoms with E-state index in [0.717, 1.165) is 19.0 Å². The van der Waals surface area contributed by atoms with Crippen molar-refractivity contribution in [3.05, 3.63) is 54.5 Å². The number of carbonyl (C=O) groups excluding carboxylic acids is 1. The minimum Gasteiger partial charge on any atom is -0.488 e. The smallest absolute Gasteiger partial charge is 0.290 e. The zero-order valence-corrected chi connectivity index (χ0v) is 19.4. The number of ether oxygens (including phenoxy) is 2. The maximum atomic E-state index is 14.0. The molecule has 0 spiro atoms. The molecule has 1 aliphatic rings. The molecular formula is C24H25F2N5O5. The summed E-state index contributed by atoms with van der Waals surface area (Å²) >= 11 is 0. The molecule has 0 bridgehead atoms. The number of nitrogens with zero attached hydrogens (tertiary/aromatic N) is 4. The van der Waals surface area contributed by atoms with Crippen molar-refractivity contribution in [2.45, 2.75) is 44.8 Å². The molecule has 1 fully saturated rings. The molecule has 190 valence electrons. The van der Waals surface area contributed by atoms with Crippen molar-refractivity contribution in [2.75, 3.05) is 6.61 Å². The van der Waals surface area contributed by atoms with Crippen molar-refractivity contribution in [3.8, 4) is 28.8 Å². The molecular weight excluding hydrogens is 476 g/mol. The molecule has 1 saturated carbocycles. The van der Waals surface area contributed by atoms with Crippen LogP contribution in [0.15, 0.2) is 43.1 Å². The molecule has 3 aromatic rings. The van der Waals surface area contributed by atoms with Crippen molar-refractivity contribution < 1.29 is 33.0 Å². The number of hydrogen-bond donors (Lipinski definition) is 2. The molecule has 12 heteroatoms. The summed E-state index contributed by atoms with van der Waals surface area (Å²) in [5.41, 5.74) is 0.782. The first-order valence-corrected chi connectivity index (χ1v) is 11.2. The van der Waals surface area contributed by atoms with Crippen LogP contribution in [0.5, 0.6) is 17.4 Å². The Morgan fingerprint density at radius 3 is 2.56 bits per heavy atom. The van der Waals surface area contributed by atoms with E-state index in [-0.39, 0.29) is 23.7 Å². The van der Waals surface area contributed by atoms with Crippen molar-refractivity contribution in [2.24, 2.45) is 0 Å². The molecule has 4 rings (SSSR count). The largest absolute Gasteiger partial charge is 0.488 e. The SMILES string of the molecule is CCOc1cc(F)cnc1Oc1cncc(-c2ncc(C(=O)N[C@H]3CCCC[C@@H]3F)cn2)c1.O=CO. The number of hydrogen-bond acceptors (Lipinski definition) is 8. The van der Waals surface area contributed by atoms with Gasteiger partial charge in [0.2, 0.25) is 0 Å². The van der Waals surface area contributed by atoms with E-state index in [1.165, 1.54) is 24.7 Å². The van der Waals surface area contributed by atoms with Gasteiger partial charge in [0.1, 0.15) is 17.7 Å². The minimum atomic E-state index is -1.03. The molecule has 3 aromatic heterocycles. The highest BCUT2D eigenvalue weighted by Crippen LogP contribution is 2.31. The molecule has 3 heterocycles. The van der Waals surface area contributed by atoms with Crippen LogP contribution < -0.4 is 14.8 Å². The maximum absolute atomic E-state index is 14.0. The molecule has 0 saturated heterocycles. The molecule has 36 heavy (non-hydrogen) atoms. The van der Waals surface area contributed by atoms with Gasteiger partial charge in [-0.2, -0.15) is 0 Å². The Labute approximate surface area is 205 Å². The summed E-state index contributed by atoms with van der Waals surface area (Å²) in [5.74, 6) is -0.0354. The van der Waals surface area contributed by atoms with E-state index in [9.17, 15) is 13.6 Å². The first-order chi connectivity index (χ1) is 17.4. The van der Waals surface area contributed by atoms with Gasteiger partial charge in [0.15, 0.2) is 11.6 Å². The summed E-state index contributed by atoms with van der Waals surface area (Å²) in [7, 11) is 0. The Morgan fingerprint density at radius 2 is 1.86 bits per heavy atom. The third-order valence-corrected chi connectivity index (χ3v) is 5.18. The van der Waals surface area contributed by atoms with E-state index in [0.29, 0.717) is 36.6 Å². The predicted molar refractivity (Wildman–Crippen MR) is 124 cm³/mol. The number of nitrogens with one attached hydrogen (secondary N) is 1. The molecule has 0 aliphatic heterocycles. The lowest BCUT2D eigenvalue weighted by atomic mass is 9.93. The Bertz CT molecular complexity index is 1170. The van der Waals surface area contributed by atoms with Crippen LogP contribution in [0, 0.1) is 5.82 Å². The monoisotopic (exact) mass is 501 g/mol. The Balaban J connectivity index is 0.00000115. The van der Waals surface area contributed by atoms with Crippen molar-refractivity contribution in [1.82, 2.24) is 25.3 Å². The van der Waals surface area contributed by atoms with Crippen LogP contribution in [0.2, 0.25) is 0 Å². The van der Waals surface area contributed by atoms with E-state index >= 15 is 0 Å². The second-order valence-corrected chi connectivity index (χ2v) is 7.68. The van der Waals surface area contributed by atoms with Gasteiger partial charge in [0, 0.05) is 30.2 Å². The van der Waals surface area contributed by atoms with Crippen LogP contribution in [-0.4, -0.2) is 56.2 Å². The van der Waals surface area contributed by atoms with Crippen molar-refractivity contribution >= 4 is 12.4 Å². The van der Waals surface area contributed by atoms with Gasteiger partial charge in [-0.15, -0.1) is 0 Å². The first kappa shape index (κ1) is 26.4. The highest BCUT2D eigenvalue weighted by molar-refractivity contribution is 5.94. The molecule has 0 unspecified atom stereocenters. The van der Waals surface area contributed by atoms with Gasteiger partial charge in [-0.25, -0.2) is 23.7 Å². The van der Waals surface area contributed by atoms with E-state index in [2.05, 4.69) is 25.3 Å². The topological polar surface area (TPSA) is 136 Å². The van der Waals surface area contributed by atoms with Crippen LogP contribution in [0.25, 0.3) is 11.4 Å². The highest BCUT2D eigenvalue weighted by atomic mass is 19.1. The summed E-state index contributed by atoms with van der Waals surface area (Å²) in [4.78, 5) is 37.3. The van der Waals surface area contributed by atoms with Gasteiger partial charge in [-0.3, -0.25) is 14.6 Å². The number of aromatic nitrogens is 4. The van der Waals surface area contributed by atoms with Crippen LogP contribution in [0.4, 0.5) is 8.78 Å². The molecule has 2 N–H and O–H groups in total. The Kier molecular flexibility index (Phi) is 9.55. The van der Waals surface area contributed by atoms with Crippen molar-refractivity contribution in [3.63, 3.8) is 0 Å². The summed E-state index contributed by atoms with van der Waals surface area (Å²) in [6, 6.07) is 2.35. The summed E-state index contributed by atoms with van der Waals surface area (Å²) < 4.78 is 38.5. The predicted octanol–water partition coefficient (Wildman–Crippen LogP) is 3.98. The maximum Gasteiger partial charge on any atom is 0.290 e. The fourth-order valence-electron chi connectivity index (χ4n) is 3.55. The van der Waals surface area contributed by atoms with Gasteiger partial charge < -0.3 is 19.9 Å². The second-order valence-electron chi connectivity index (χ2n) is 7.68. The first-order valence-electron chi connectivity index (χ1n) is 11.2. The summed E-state index contributed by atoms with van der Waals surface area (Å²) in [6.45, 7) is 1.84. The third-order valence-electron chi connectivity index (χ3n) is 5.18. The number of amides is 1. The normalized spacial score (nSPS) is 16.8. The zero-order chi connectivity index (χ0) is 25.9. The third kappa shape index (κ3) is 7.14. The summed E-state index contributed by atoms with van der Waals surface area (Å²) in [5, 5.41) is 9.62. The number of carboxylic acid groups (broad SMARTS) is 1. The van der Waals surface area contributed by atoms with Crippen LogP contribution in [0.3, 0.4) is 0 Å². The van der Waals surface area contributed by atoms with E-state index in [4.69, 9.17) is 19.4 Å². The molecule has 2 atom stereocenters. The number of rotatable bonds is 7. The number of carbonyl (C=O) groups is 2. The van der Waals surface area contributed by atoms with E-state index in [1.807, 2.05) is 0 Å². The van der Waals surface area contributed by atoms with Gasteiger partial charge in [0.25, 0.3) is 18.3 Å². The average Bonchev–Trinajstić information content (AvgIpc) is 2.88. The van der Waals surface area contributed by atoms with Gasteiger partial charge in [0.05, 0.1) is 30.6 Å². The molecule has 1 amide bonds. The minimum absolute atomic E-state index is 0.0963. The van der Waals surface area contributed by atoms with Gasteiger partial charge >= 0.3 is 0 Å². The molecule has 0 aromatic carbocycles. The van der Waals surface area contributed by atoms with E-state index < -0.39 is 23.9 Å². The standard InChI is InChI=1S/C23H23F2N5O3.CH2O2/c1-2-32-20-8-16(24)12-29-23(20)33-17-7-14(9-26-13-17)21-27-10-15(11-28-21)22(31)30-19-6-4-3-5-18(19)25;2-1-3/h7-13,18-19H,2-6H2,1H3,(H,30,31);1H,(H,2,3)/t18-,19-;/m0./s1. The van der Waals surface area contributed by atoms with E-state index in [1.54, 1.807) is 19.2 Å². The second kappa shape index (κ2) is 13.0. The van der Waals surface area contributed by atoms with Crippen molar-refractivity contribution in [1.29, 1.82) is 0 Å². The number of pyridine rings is 2. The van der Waals surface area contributed by atoms with Gasteiger partial charge in [-0.05, 0) is 25.8 Å². The molecule has 10 nitrogen and oxygen atoms in total. The lowest BCUT2D eigenvalue weighted by Gasteiger charge is -2.26. The van der Waals surface area contributed by atoms with Crippen LogP contribution >= 0.6 is 0 Å². The number of alkyl halides is 1. The Hall–Kier alpha value is -4.22. The average molecular weight is 501 g/mol. The molecule has 1 aliphatic carbocycles. The lowest BCUT2D eigenvalue weighted by molar-refractivity contribution is -0.122. The Morgan fingerprint density at radius 1 is 1.14 bits per heavy atom. The van der Waals surface area contributed by atoms with Crippen LogP contribution in [0.1, 0.15) is 43.0 Å². The quantitative estimate of drug-likeness (QED) is 0.461. The molecule has 0 radical (unpaired) electrons. The number of halogens is 2. The zero-order valence-electron chi connectivity index (χ0n) is 19.4. The van der Waals surface area contributed by atoms with Crippen LogP contribution in [-0.2, 0) is 4.79 Å².